The Morgan fingerprint density at radius 2 is 2.10 bits per heavy atom. The Morgan fingerprint density at radius 3 is 2.75 bits per heavy atom. The third kappa shape index (κ3) is 1.64. The molecule has 112 valence electrons. The quantitative estimate of drug-likeness (QED) is 0.807. The molecule has 4 heteroatoms. The molecule has 5 aliphatic rings. The maximum atomic E-state index is 12.1. The fourth-order valence-corrected chi connectivity index (χ4v) is 5.14. The van der Waals surface area contributed by atoms with Gasteiger partial charge in [-0.05, 0) is 44.9 Å². The molecule has 2 saturated carbocycles. The molecule has 1 N–H and O–H groups in total. The Morgan fingerprint density at radius 1 is 1.35 bits per heavy atom. The zero-order chi connectivity index (χ0) is 14.1. The molecule has 3 aliphatic heterocycles. The number of aliphatic carboxylic acids is 1. The molecule has 3 heterocycles. The van der Waals surface area contributed by atoms with Gasteiger partial charge in [-0.1, -0.05) is 6.92 Å². The van der Waals surface area contributed by atoms with E-state index in [0.29, 0.717) is 18.1 Å². The van der Waals surface area contributed by atoms with Gasteiger partial charge in [0.1, 0.15) is 0 Å². The standard InChI is InChI=1S/C16H24O4/c1-9-13-12(19-13)5-6-16(9,14(17)18)7-10-3-4-11-8-15(10,2)20-11/h9-13H,3-8H2,1-2H3,(H,17,18). The summed E-state index contributed by atoms with van der Waals surface area (Å²) >= 11 is 0. The average molecular weight is 280 g/mol. The van der Waals surface area contributed by atoms with Crippen LogP contribution < -0.4 is 0 Å². The van der Waals surface area contributed by atoms with Crippen LogP contribution in [-0.4, -0.2) is 35.0 Å². The maximum Gasteiger partial charge on any atom is 0.310 e. The molecule has 5 rings (SSSR count). The summed E-state index contributed by atoms with van der Waals surface area (Å²) in [6, 6.07) is 0. The molecule has 0 radical (unpaired) electrons. The van der Waals surface area contributed by atoms with Gasteiger partial charge < -0.3 is 14.6 Å². The van der Waals surface area contributed by atoms with Gasteiger partial charge >= 0.3 is 5.97 Å². The second-order valence-electron chi connectivity index (χ2n) is 7.66. The topological polar surface area (TPSA) is 59.1 Å². The van der Waals surface area contributed by atoms with Crippen molar-refractivity contribution in [2.75, 3.05) is 0 Å². The molecule has 3 saturated heterocycles. The SMILES string of the molecule is CC1C2OC2CCC1(CC1CCC2CC1(C)O2)C(=O)O. The number of hydrogen-bond acceptors (Lipinski definition) is 3. The second kappa shape index (κ2) is 3.98. The van der Waals surface area contributed by atoms with Crippen LogP contribution in [-0.2, 0) is 14.3 Å². The summed E-state index contributed by atoms with van der Waals surface area (Å²) in [6.07, 6.45) is 6.75. The van der Waals surface area contributed by atoms with Gasteiger partial charge in [0.05, 0.1) is 29.3 Å². The Bertz CT molecular complexity index is 442. The fraction of sp³-hybridized carbons (Fsp3) is 0.938. The van der Waals surface area contributed by atoms with E-state index in [1.54, 1.807) is 0 Å². The number of epoxide rings is 1. The van der Waals surface area contributed by atoms with Crippen molar-refractivity contribution in [3.05, 3.63) is 0 Å². The van der Waals surface area contributed by atoms with Gasteiger partial charge in [0, 0.05) is 12.3 Å². The van der Waals surface area contributed by atoms with E-state index in [9.17, 15) is 9.90 Å². The zero-order valence-electron chi connectivity index (χ0n) is 12.3. The van der Waals surface area contributed by atoms with Crippen LogP contribution in [0.2, 0.25) is 0 Å². The van der Waals surface area contributed by atoms with Gasteiger partial charge in [-0.2, -0.15) is 0 Å². The van der Waals surface area contributed by atoms with Crippen molar-refractivity contribution in [1.82, 2.24) is 0 Å². The maximum absolute atomic E-state index is 12.1. The first kappa shape index (κ1) is 13.1. The van der Waals surface area contributed by atoms with E-state index in [1.807, 2.05) is 0 Å². The van der Waals surface area contributed by atoms with Crippen LogP contribution in [0.3, 0.4) is 0 Å². The highest BCUT2D eigenvalue weighted by Crippen LogP contribution is 2.58. The van der Waals surface area contributed by atoms with Crippen LogP contribution in [0.5, 0.6) is 0 Å². The van der Waals surface area contributed by atoms with Gasteiger partial charge in [-0.25, -0.2) is 0 Å². The van der Waals surface area contributed by atoms with Gasteiger partial charge in [0.2, 0.25) is 0 Å². The van der Waals surface area contributed by atoms with Crippen molar-refractivity contribution in [3.63, 3.8) is 0 Å². The number of carboxylic acids is 1. The van der Waals surface area contributed by atoms with E-state index in [2.05, 4.69) is 13.8 Å². The van der Waals surface area contributed by atoms with E-state index >= 15 is 0 Å². The molecule has 4 nitrogen and oxygen atoms in total. The molecule has 2 aliphatic carbocycles. The highest BCUT2D eigenvalue weighted by molar-refractivity contribution is 5.75. The molecule has 0 aromatic carbocycles. The van der Waals surface area contributed by atoms with Crippen LogP contribution >= 0.6 is 0 Å². The first-order valence-electron chi connectivity index (χ1n) is 8.01. The third-order valence-corrected chi connectivity index (χ3v) is 6.67. The molecule has 2 bridgehead atoms. The van der Waals surface area contributed by atoms with Crippen molar-refractivity contribution in [2.24, 2.45) is 17.3 Å². The summed E-state index contributed by atoms with van der Waals surface area (Å²) in [5.41, 5.74) is -0.663. The van der Waals surface area contributed by atoms with Crippen molar-refractivity contribution < 1.29 is 19.4 Å². The van der Waals surface area contributed by atoms with Crippen molar-refractivity contribution in [3.8, 4) is 0 Å². The Balaban J connectivity index is 1.58. The van der Waals surface area contributed by atoms with Crippen LogP contribution in [0.15, 0.2) is 0 Å². The molecular weight excluding hydrogens is 256 g/mol. The predicted octanol–water partition coefficient (Wildman–Crippen LogP) is 2.60. The predicted molar refractivity (Wildman–Crippen MR) is 72.4 cm³/mol. The lowest BCUT2D eigenvalue weighted by molar-refractivity contribution is -0.261. The number of carbonyl (C=O) groups is 1. The summed E-state index contributed by atoms with van der Waals surface area (Å²) in [5, 5.41) is 9.91. The van der Waals surface area contributed by atoms with E-state index in [4.69, 9.17) is 9.47 Å². The minimum atomic E-state index is -0.621. The van der Waals surface area contributed by atoms with E-state index in [-0.39, 0.29) is 17.6 Å². The average Bonchev–Trinajstić information content (AvgIpc) is 3.13. The first-order chi connectivity index (χ1) is 9.44. The normalized spacial score (nSPS) is 56.6. The summed E-state index contributed by atoms with van der Waals surface area (Å²) in [6.45, 7) is 4.25. The summed E-state index contributed by atoms with van der Waals surface area (Å²) in [7, 11) is 0. The monoisotopic (exact) mass is 280 g/mol. The molecule has 0 aromatic rings. The third-order valence-electron chi connectivity index (χ3n) is 6.67. The van der Waals surface area contributed by atoms with E-state index in [0.717, 1.165) is 38.5 Å². The number of fused-ring (bicyclic) bond motifs is 3. The highest BCUT2D eigenvalue weighted by atomic mass is 16.6. The molecule has 20 heavy (non-hydrogen) atoms. The highest BCUT2D eigenvalue weighted by Gasteiger charge is 2.62. The van der Waals surface area contributed by atoms with Gasteiger partial charge in [0.15, 0.2) is 0 Å². The van der Waals surface area contributed by atoms with Gasteiger partial charge in [-0.3, -0.25) is 4.79 Å². The Hall–Kier alpha value is -0.610. The number of hydrogen-bond donors (Lipinski definition) is 1. The minimum Gasteiger partial charge on any atom is -0.481 e. The Kier molecular flexibility index (Phi) is 2.60. The zero-order valence-corrected chi connectivity index (χ0v) is 12.3. The lowest BCUT2D eigenvalue weighted by atomic mass is 9.58. The first-order valence-corrected chi connectivity index (χ1v) is 8.01. The molecule has 0 spiro atoms. The van der Waals surface area contributed by atoms with Crippen molar-refractivity contribution in [2.45, 2.75) is 76.3 Å². The Labute approximate surface area is 119 Å². The summed E-state index contributed by atoms with van der Waals surface area (Å²) in [5.74, 6) is -0.106. The minimum absolute atomic E-state index is 0.0632. The number of rotatable bonds is 3. The summed E-state index contributed by atoms with van der Waals surface area (Å²) < 4.78 is 11.6. The lowest BCUT2D eigenvalue weighted by Crippen LogP contribution is -2.59. The largest absolute Gasteiger partial charge is 0.481 e. The number of ether oxygens (including phenoxy) is 2. The van der Waals surface area contributed by atoms with Crippen LogP contribution in [0.25, 0.3) is 0 Å². The number of carboxylic acid groups (broad SMARTS) is 1. The van der Waals surface area contributed by atoms with Crippen LogP contribution in [0.4, 0.5) is 0 Å². The van der Waals surface area contributed by atoms with E-state index in [1.165, 1.54) is 0 Å². The smallest absolute Gasteiger partial charge is 0.310 e. The molecule has 7 unspecified atom stereocenters. The van der Waals surface area contributed by atoms with Crippen molar-refractivity contribution >= 4 is 5.97 Å². The van der Waals surface area contributed by atoms with Gasteiger partial charge in [0.25, 0.3) is 0 Å². The fourth-order valence-electron chi connectivity index (χ4n) is 5.14. The molecule has 5 fully saturated rings. The molecule has 7 atom stereocenters. The van der Waals surface area contributed by atoms with E-state index < -0.39 is 11.4 Å². The molecule has 0 aromatic heterocycles. The molecule has 0 amide bonds. The van der Waals surface area contributed by atoms with Crippen molar-refractivity contribution in [1.29, 1.82) is 0 Å². The second-order valence-corrected chi connectivity index (χ2v) is 7.66. The summed E-state index contributed by atoms with van der Waals surface area (Å²) in [4.78, 5) is 12.1. The lowest BCUT2D eigenvalue weighted by Gasteiger charge is -2.57. The van der Waals surface area contributed by atoms with Gasteiger partial charge in [-0.15, -0.1) is 0 Å². The van der Waals surface area contributed by atoms with Crippen LogP contribution in [0, 0.1) is 17.3 Å². The van der Waals surface area contributed by atoms with Crippen LogP contribution in [0.1, 0.15) is 52.4 Å². The molecular formula is C16H24O4.